The molecule has 0 bridgehead atoms. The number of nitrogens with one attached hydrogen (secondary N) is 2. The number of aromatic nitrogens is 1. The van der Waals surface area contributed by atoms with E-state index >= 15 is 0 Å². The van der Waals surface area contributed by atoms with E-state index in [1.165, 1.54) is 6.07 Å². The Hall–Kier alpha value is -2.37. The van der Waals surface area contributed by atoms with Crippen molar-refractivity contribution in [3.63, 3.8) is 0 Å². The van der Waals surface area contributed by atoms with Crippen molar-refractivity contribution >= 4 is 11.8 Å². The molecule has 0 fully saturated rings. The number of hydrogen-bond acceptors (Lipinski definition) is 3. The minimum atomic E-state index is -0.853. The molecule has 0 aliphatic carbocycles. The predicted octanol–water partition coefficient (Wildman–Crippen LogP) is 3.18. The standard InChI is InChI=1S/C14H16FN3O2/c1-9-8-12(18-20-9)16-13(19)17-14(2,3)10-6-4-5-7-11(10)15/h4-8H,1-3H3,(H2,16,17,18,19). The number of amides is 2. The van der Waals surface area contributed by atoms with Crippen molar-refractivity contribution in [3.8, 4) is 0 Å². The third-order valence-electron chi connectivity index (χ3n) is 2.84. The number of urea groups is 1. The van der Waals surface area contributed by atoms with Gasteiger partial charge in [-0.05, 0) is 26.8 Å². The fourth-order valence-corrected chi connectivity index (χ4v) is 1.89. The summed E-state index contributed by atoms with van der Waals surface area (Å²) in [7, 11) is 0. The monoisotopic (exact) mass is 277 g/mol. The zero-order chi connectivity index (χ0) is 14.8. The van der Waals surface area contributed by atoms with Crippen LogP contribution in [0.25, 0.3) is 0 Å². The van der Waals surface area contributed by atoms with Gasteiger partial charge in [0, 0.05) is 11.6 Å². The number of aryl methyl sites for hydroxylation is 1. The molecule has 106 valence electrons. The molecule has 0 unspecified atom stereocenters. The number of nitrogens with zero attached hydrogens (tertiary/aromatic N) is 1. The molecule has 6 heteroatoms. The van der Waals surface area contributed by atoms with E-state index in [2.05, 4.69) is 15.8 Å². The van der Waals surface area contributed by atoms with E-state index in [1.807, 2.05) is 0 Å². The van der Waals surface area contributed by atoms with Crippen molar-refractivity contribution in [1.82, 2.24) is 10.5 Å². The van der Waals surface area contributed by atoms with E-state index in [-0.39, 0.29) is 5.82 Å². The highest BCUT2D eigenvalue weighted by atomic mass is 19.1. The quantitative estimate of drug-likeness (QED) is 0.905. The molecule has 0 saturated heterocycles. The van der Waals surface area contributed by atoms with E-state index in [0.29, 0.717) is 17.1 Å². The molecule has 5 nitrogen and oxygen atoms in total. The summed E-state index contributed by atoms with van der Waals surface area (Å²) in [4.78, 5) is 11.9. The first-order valence-corrected chi connectivity index (χ1v) is 6.16. The Morgan fingerprint density at radius 3 is 2.65 bits per heavy atom. The lowest BCUT2D eigenvalue weighted by Crippen LogP contribution is -2.43. The van der Waals surface area contributed by atoms with Crippen LogP contribution in [0.2, 0.25) is 0 Å². The fraction of sp³-hybridized carbons (Fsp3) is 0.286. The maximum atomic E-state index is 13.8. The summed E-state index contributed by atoms with van der Waals surface area (Å²) >= 11 is 0. The van der Waals surface area contributed by atoms with Gasteiger partial charge >= 0.3 is 6.03 Å². The van der Waals surface area contributed by atoms with Crippen molar-refractivity contribution in [3.05, 3.63) is 47.5 Å². The number of rotatable bonds is 3. The Kier molecular flexibility index (Phi) is 3.74. The van der Waals surface area contributed by atoms with Crippen LogP contribution in [-0.2, 0) is 5.54 Å². The summed E-state index contributed by atoms with van der Waals surface area (Å²) in [5.74, 6) is 0.535. The lowest BCUT2D eigenvalue weighted by molar-refractivity contribution is 0.241. The van der Waals surface area contributed by atoms with E-state index in [9.17, 15) is 9.18 Å². The molecule has 0 radical (unpaired) electrons. The SMILES string of the molecule is Cc1cc(NC(=O)NC(C)(C)c2ccccc2F)no1. The topological polar surface area (TPSA) is 67.2 Å². The molecule has 0 saturated carbocycles. The van der Waals surface area contributed by atoms with Crippen LogP contribution in [0.3, 0.4) is 0 Å². The van der Waals surface area contributed by atoms with Gasteiger partial charge in [0.1, 0.15) is 11.6 Å². The van der Waals surface area contributed by atoms with Crippen molar-refractivity contribution in [2.75, 3.05) is 5.32 Å². The molecular formula is C14H16FN3O2. The van der Waals surface area contributed by atoms with Crippen molar-refractivity contribution < 1.29 is 13.7 Å². The van der Waals surface area contributed by atoms with Crippen LogP contribution in [0.4, 0.5) is 15.0 Å². The van der Waals surface area contributed by atoms with Crippen LogP contribution in [0.15, 0.2) is 34.9 Å². The average Bonchev–Trinajstić information content (AvgIpc) is 2.74. The number of carbonyl (C=O) groups excluding carboxylic acids is 1. The molecule has 0 aliphatic heterocycles. The van der Waals surface area contributed by atoms with Gasteiger partial charge in [-0.2, -0.15) is 0 Å². The minimum Gasteiger partial charge on any atom is -0.360 e. The van der Waals surface area contributed by atoms with E-state index in [1.54, 1.807) is 45.0 Å². The molecule has 0 atom stereocenters. The van der Waals surface area contributed by atoms with Crippen LogP contribution < -0.4 is 10.6 Å². The Bertz CT molecular complexity index is 622. The molecule has 1 aromatic heterocycles. The summed E-state index contributed by atoms with van der Waals surface area (Å²) < 4.78 is 18.6. The third kappa shape index (κ3) is 3.14. The number of hydrogen-bond donors (Lipinski definition) is 2. The van der Waals surface area contributed by atoms with Crippen molar-refractivity contribution in [1.29, 1.82) is 0 Å². The van der Waals surface area contributed by atoms with Crippen LogP contribution >= 0.6 is 0 Å². The molecule has 2 amide bonds. The van der Waals surface area contributed by atoms with Gasteiger partial charge < -0.3 is 9.84 Å². The molecule has 2 N–H and O–H groups in total. The second-order valence-electron chi connectivity index (χ2n) is 5.01. The number of halogens is 1. The Morgan fingerprint density at radius 2 is 2.05 bits per heavy atom. The maximum Gasteiger partial charge on any atom is 0.321 e. The highest BCUT2D eigenvalue weighted by Gasteiger charge is 2.26. The summed E-state index contributed by atoms with van der Waals surface area (Å²) in [6.45, 7) is 5.16. The van der Waals surface area contributed by atoms with Crippen molar-refractivity contribution in [2.45, 2.75) is 26.3 Å². The van der Waals surface area contributed by atoms with Crippen molar-refractivity contribution in [2.24, 2.45) is 0 Å². The molecule has 20 heavy (non-hydrogen) atoms. The average molecular weight is 277 g/mol. The summed E-state index contributed by atoms with van der Waals surface area (Å²) in [5.41, 5.74) is -0.444. The second kappa shape index (κ2) is 5.32. The molecule has 0 spiro atoms. The van der Waals surface area contributed by atoms with Gasteiger partial charge in [0.05, 0.1) is 5.54 Å². The molecule has 2 rings (SSSR count). The Balaban J connectivity index is 2.08. The summed E-state index contributed by atoms with van der Waals surface area (Å²) in [6.07, 6.45) is 0. The second-order valence-corrected chi connectivity index (χ2v) is 5.01. The summed E-state index contributed by atoms with van der Waals surface area (Å²) in [6, 6.07) is 7.43. The Labute approximate surface area is 116 Å². The predicted molar refractivity (Wildman–Crippen MR) is 72.8 cm³/mol. The fourth-order valence-electron chi connectivity index (χ4n) is 1.89. The number of anilines is 1. The minimum absolute atomic E-state index is 0.310. The van der Waals surface area contributed by atoms with Gasteiger partial charge in [-0.1, -0.05) is 23.4 Å². The molecule has 0 aliphatic rings. The molecule has 2 aromatic rings. The molecule has 1 aromatic carbocycles. The number of benzene rings is 1. The van der Waals surface area contributed by atoms with Gasteiger partial charge in [0.25, 0.3) is 0 Å². The summed E-state index contributed by atoms with van der Waals surface area (Å²) in [5, 5.41) is 8.89. The lowest BCUT2D eigenvalue weighted by Gasteiger charge is -2.27. The van der Waals surface area contributed by atoms with Gasteiger partial charge in [0.15, 0.2) is 5.82 Å². The largest absolute Gasteiger partial charge is 0.360 e. The zero-order valence-corrected chi connectivity index (χ0v) is 11.5. The van der Waals surface area contributed by atoms with Crippen LogP contribution in [0, 0.1) is 12.7 Å². The molecule has 1 heterocycles. The third-order valence-corrected chi connectivity index (χ3v) is 2.84. The smallest absolute Gasteiger partial charge is 0.321 e. The van der Waals surface area contributed by atoms with E-state index in [0.717, 1.165) is 0 Å². The normalized spacial score (nSPS) is 11.2. The highest BCUT2D eigenvalue weighted by molar-refractivity contribution is 5.88. The van der Waals surface area contributed by atoms with Gasteiger partial charge in [0.2, 0.25) is 0 Å². The Morgan fingerprint density at radius 1 is 1.35 bits per heavy atom. The van der Waals surface area contributed by atoms with E-state index in [4.69, 9.17) is 4.52 Å². The zero-order valence-electron chi connectivity index (χ0n) is 11.5. The van der Waals surface area contributed by atoms with Gasteiger partial charge in [-0.25, -0.2) is 9.18 Å². The van der Waals surface area contributed by atoms with Gasteiger partial charge in [-0.15, -0.1) is 0 Å². The van der Waals surface area contributed by atoms with Gasteiger partial charge in [-0.3, -0.25) is 5.32 Å². The van der Waals surface area contributed by atoms with E-state index < -0.39 is 11.6 Å². The van der Waals surface area contributed by atoms with Crippen LogP contribution in [0.1, 0.15) is 25.2 Å². The lowest BCUT2D eigenvalue weighted by atomic mass is 9.94. The van der Waals surface area contributed by atoms with Crippen LogP contribution in [-0.4, -0.2) is 11.2 Å². The maximum absolute atomic E-state index is 13.8. The van der Waals surface area contributed by atoms with Crippen LogP contribution in [0.5, 0.6) is 0 Å². The number of carbonyl (C=O) groups is 1. The first-order chi connectivity index (χ1) is 9.38. The first kappa shape index (κ1) is 14.0. The highest BCUT2D eigenvalue weighted by Crippen LogP contribution is 2.22. The first-order valence-electron chi connectivity index (χ1n) is 6.16. The molecular weight excluding hydrogens is 261 g/mol.